The summed E-state index contributed by atoms with van der Waals surface area (Å²) in [5, 5.41) is 9.79. The third-order valence-electron chi connectivity index (χ3n) is 1.31. The first-order valence-corrected chi connectivity index (χ1v) is 5.06. The zero-order valence-corrected chi connectivity index (χ0v) is 8.23. The monoisotopic (exact) mass is 200 g/mol. The molecule has 0 atom stereocenters. The van der Waals surface area contributed by atoms with Gasteiger partial charge in [-0.1, -0.05) is 18.7 Å². The first-order valence-electron chi connectivity index (χ1n) is 4.07. The van der Waals surface area contributed by atoms with Gasteiger partial charge in [0.1, 0.15) is 6.33 Å². The number of H-pyrrole nitrogens is 1. The SMILES string of the molecule is CCCNC(=O)CSc1ncn[nH]1. The van der Waals surface area contributed by atoms with Crippen molar-refractivity contribution in [2.24, 2.45) is 0 Å². The summed E-state index contributed by atoms with van der Waals surface area (Å²) in [6.07, 6.45) is 2.38. The summed E-state index contributed by atoms with van der Waals surface area (Å²) in [6, 6.07) is 0. The summed E-state index contributed by atoms with van der Waals surface area (Å²) in [6.45, 7) is 2.75. The van der Waals surface area contributed by atoms with Gasteiger partial charge in [-0.15, -0.1) is 0 Å². The van der Waals surface area contributed by atoms with Crippen LogP contribution in [0.25, 0.3) is 0 Å². The number of hydrogen-bond donors (Lipinski definition) is 2. The van der Waals surface area contributed by atoms with Gasteiger partial charge < -0.3 is 5.32 Å². The third-order valence-corrected chi connectivity index (χ3v) is 2.18. The molecule has 1 aromatic heterocycles. The Balaban J connectivity index is 2.15. The number of nitrogens with zero attached hydrogens (tertiary/aromatic N) is 2. The van der Waals surface area contributed by atoms with Crippen LogP contribution in [0.3, 0.4) is 0 Å². The van der Waals surface area contributed by atoms with Gasteiger partial charge in [0.25, 0.3) is 0 Å². The largest absolute Gasteiger partial charge is 0.355 e. The molecule has 1 heterocycles. The molecule has 0 unspecified atom stereocenters. The Hall–Kier alpha value is -1.04. The molecule has 0 saturated carbocycles. The second kappa shape index (κ2) is 5.58. The number of hydrogen-bond acceptors (Lipinski definition) is 4. The number of amides is 1. The molecular formula is C7H12N4OS. The molecule has 1 amide bonds. The van der Waals surface area contributed by atoms with Crippen LogP contribution in [-0.4, -0.2) is 33.4 Å². The lowest BCUT2D eigenvalue weighted by atomic mass is 10.5. The summed E-state index contributed by atoms with van der Waals surface area (Å²) < 4.78 is 0. The van der Waals surface area contributed by atoms with E-state index in [-0.39, 0.29) is 5.91 Å². The van der Waals surface area contributed by atoms with E-state index in [0.717, 1.165) is 13.0 Å². The van der Waals surface area contributed by atoms with Crippen molar-refractivity contribution in [1.29, 1.82) is 0 Å². The molecule has 2 N–H and O–H groups in total. The van der Waals surface area contributed by atoms with Gasteiger partial charge >= 0.3 is 0 Å². The van der Waals surface area contributed by atoms with E-state index in [9.17, 15) is 4.79 Å². The molecule has 0 aliphatic carbocycles. The van der Waals surface area contributed by atoms with E-state index in [0.29, 0.717) is 10.9 Å². The van der Waals surface area contributed by atoms with E-state index in [1.807, 2.05) is 6.92 Å². The highest BCUT2D eigenvalue weighted by Gasteiger charge is 2.02. The van der Waals surface area contributed by atoms with Crippen molar-refractivity contribution in [3.05, 3.63) is 6.33 Å². The van der Waals surface area contributed by atoms with Crippen LogP contribution in [0.4, 0.5) is 0 Å². The second-order valence-corrected chi connectivity index (χ2v) is 3.39. The summed E-state index contributed by atoms with van der Waals surface area (Å²) in [5.41, 5.74) is 0. The average molecular weight is 200 g/mol. The second-order valence-electron chi connectivity index (χ2n) is 2.43. The molecule has 1 aromatic rings. The van der Waals surface area contributed by atoms with Gasteiger partial charge in [0.2, 0.25) is 5.91 Å². The average Bonchev–Trinajstić information content (AvgIpc) is 2.64. The maximum Gasteiger partial charge on any atom is 0.230 e. The number of rotatable bonds is 5. The van der Waals surface area contributed by atoms with Crippen LogP contribution in [0, 0.1) is 0 Å². The molecule has 0 bridgehead atoms. The molecule has 0 aliphatic rings. The van der Waals surface area contributed by atoms with Crippen LogP contribution in [0.2, 0.25) is 0 Å². The van der Waals surface area contributed by atoms with Crippen molar-refractivity contribution < 1.29 is 4.79 Å². The van der Waals surface area contributed by atoms with Gasteiger partial charge in [0.15, 0.2) is 5.16 Å². The predicted octanol–water partition coefficient (Wildman–Crippen LogP) is 0.423. The van der Waals surface area contributed by atoms with E-state index >= 15 is 0 Å². The number of nitrogens with one attached hydrogen (secondary N) is 2. The molecule has 0 aromatic carbocycles. The molecule has 0 fully saturated rings. The molecule has 6 heteroatoms. The zero-order valence-electron chi connectivity index (χ0n) is 7.41. The van der Waals surface area contributed by atoms with Crippen LogP contribution < -0.4 is 5.32 Å². The van der Waals surface area contributed by atoms with E-state index < -0.39 is 0 Å². The fourth-order valence-corrected chi connectivity index (χ4v) is 1.32. The number of thioether (sulfide) groups is 1. The highest BCUT2D eigenvalue weighted by Crippen LogP contribution is 2.09. The van der Waals surface area contributed by atoms with Crippen LogP contribution in [0.5, 0.6) is 0 Å². The molecule has 5 nitrogen and oxygen atoms in total. The maximum absolute atomic E-state index is 11.1. The number of aromatic nitrogens is 3. The van der Waals surface area contributed by atoms with E-state index in [4.69, 9.17) is 0 Å². The van der Waals surface area contributed by atoms with Crippen LogP contribution in [0.1, 0.15) is 13.3 Å². The lowest BCUT2D eigenvalue weighted by Gasteiger charge is -2.00. The first kappa shape index (κ1) is 10.0. The Labute approximate surface area is 80.7 Å². The summed E-state index contributed by atoms with van der Waals surface area (Å²) >= 11 is 1.34. The molecule has 0 radical (unpaired) electrons. The summed E-state index contributed by atoms with van der Waals surface area (Å²) in [7, 11) is 0. The molecule has 72 valence electrons. The van der Waals surface area contributed by atoms with Gasteiger partial charge in [-0.05, 0) is 6.42 Å². The van der Waals surface area contributed by atoms with Crippen molar-refractivity contribution in [3.63, 3.8) is 0 Å². The number of aromatic amines is 1. The molecule has 0 spiro atoms. The van der Waals surface area contributed by atoms with Gasteiger partial charge in [-0.2, -0.15) is 5.10 Å². The Morgan fingerprint density at radius 3 is 3.23 bits per heavy atom. The van der Waals surface area contributed by atoms with E-state index in [1.165, 1.54) is 18.1 Å². The summed E-state index contributed by atoms with van der Waals surface area (Å²) in [4.78, 5) is 15.0. The Kier molecular flexibility index (Phi) is 4.31. The van der Waals surface area contributed by atoms with Crippen LogP contribution in [-0.2, 0) is 4.79 Å². The molecule has 0 saturated heterocycles. The highest BCUT2D eigenvalue weighted by atomic mass is 32.2. The predicted molar refractivity (Wildman–Crippen MR) is 50.4 cm³/mol. The normalized spacial score (nSPS) is 9.92. The van der Waals surface area contributed by atoms with Crippen molar-refractivity contribution in [1.82, 2.24) is 20.5 Å². The van der Waals surface area contributed by atoms with Crippen LogP contribution >= 0.6 is 11.8 Å². The number of carbonyl (C=O) groups excluding carboxylic acids is 1. The van der Waals surface area contributed by atoms with Gasteiger partial charge in [-0.25, -0.2) is 4.98 Å². The lowest BCUT2D eigenvalue weighted by molar-refractivity contribution is -0.118. The van der Waals surface area contributed by atoms with Crippen molar-refractivity contribution >= 4 is 17.7 Å². The van der Waals surface area contributed by atoms with Crippen molar-refractivity contribution in [2.45, 2.75) is 18.5 Å². The Bertz CT molecular complexity index is 249. The first-order chi connectivity index (χ1) is 6.33. The third kappa shape index (κ3) is 3.93. The topological polar surface area (TPSA) is 70.7 Å². The zero-order chi connectivity index (χ0) is 9.52. The molecule has 1 rings (SSSR count). The van der Waals surface area contributed by atoms with E-state index in [2.05, 4.69) is 20.5 Å². The van der Waals surface area contributed by atoms with Gasteiger partial charge in [0.05, 0.1) is 5.75 Å². The van der Waals surface area contributed by atoms with Gasteiger partial charge in [-0.3, -0.25) is 9.89 Å². The van der Waals surface area contributed by atoms with Gasteiger partial charge in [0, 0.05) is 6.54 Å². The fourth-order valence-electron chi connectivity index (χ4n) is 0.713. The van der Waals surface area contributed by atoms with Crippen molar-refractivity contribution in [2.75, 3.05) is 12.3 Å². The minimum Gasteiger partial charge on any atom is -0.355 e. The van der Waals surface area contributed by atoms with E-state index in [1.54, 1.807) is 0 Å². The molecule has 0 aliphatic heterocycles. The quantitative estimate of drug-likeness (QED) is 0.676. The Morgan fingerprint density at radius 1 is 1.77 bits per heavy atom. The fraction of sp³-hybridized carbons (Fsp3) is 0.571. The Morgan fingerprint density at radius 2 is 2.62 bits per heavy atom. The minimum absolute atomic E-state index is 0.0308. The van der Waals surface area contributed by atoms with Crippen molar-refractivity contribution in [3.8, 4) is 0 Å². The smallest absolute Gasteiger partial charge is 0.230 e. The minimum atomic E-state index is 0.0308. The van der Waals surface area contributed by atoms with Crippen LogP contribution in [0.15, 0.2) is 11.5 Å². The summed E-state index contributed by atoms with van der Waals surface area (Å²) in [5.74, 6) is 0.415. The molecular weight excluding hydrogens is 188 g/mol. The highest BCUT2D eigenvalue weighted by molar-refractivity contribution is 7.99. The number of carbonyl (C=O) groups is 1. The standard InChI is InChI=1S/C7H12N4OS/c1-2-3-8-6(12)4-13-7-9-5-10-11-7/h5H,2-4H2,1H3,(H,8,12)(H,9,10,11). The maximum atomic E-state index is 11.1. The lowest BCUT2D eigenvalue weighted by Crippen LogP contribution is -2.25. The molecule has 13 heavy (non-hydrogen) atoms.